The number of hydrogen-bond acceptors (Lipinski definition) is 6. The number of hydrogen-bond donors (Lipinski definition) is 0. The van der Waals surface area contributed by atoms with Crippen LogP contribution in [0.1, 0.15) is 16.8 Å². The van der Waals surface area contributed by atoms with E-state index in [0.29, 0.717) is 34.4 Å². The van der Waals surface area contributed by atoms with E-state index in [1.807, 2.05) is 0 Å². The van der Waals surface area contributed by atoms with Crippen molar-refractivity contribution in [3.63, 3.8) is 0 Å². The Balaban J connectivity index is 1.98. The molecule has 33 heavy (non-hydrogen) atoms. The molecule has 10 heteroatoms. The molecule has 3 aromatic heterocycles. The lowest BCUT2D eigenvalue weighted by atomic mass is 10.1. The fourth-order valence-electron chi connectivity index (χ4n) is 3.76. The Labute approximate surface area is 190 Å². The lowest BCUT2D eigenvalue weighted by Gasteiger charge is -2.11. The van der Waals surface area contributed by atoms with Crippen LogP contribution in [0.2, 0.25) is 0 Å². The van der Waals surface area contributed by atoms with Crippen molar-refractivity contribution in [3.8, 4) is 17.3 Å². The van der Waals surface area contributed by atoms with Gasteiger partial charge in [0.1, 0.15) is 11.3 Å². The second-order valence-electron chi connectivity index (χ2n) is 8.03. The number of aryl methyl sites for hydroxylation is 2. The molecule has 0 unspecified atom stereocenters. The number of benzene rings is 1. The molecule has 0 atom stereocenters. The van der Waals surface area contributed by atoms with Gasteiger partial charge < -0.3 is 9.30 Å². The molecular weight excluding hydrogens is 447 g/mol. The van der Waals surface area contributed by atoms with Crippen LogP contribution in [0.3, 0.4) is 0 Å². The van der Waals surface area contributed by atoms with Crippen molar-refractivity contribution in [1.29, 1.82) is 0 Å². The number of aromatic nitrogens is 4. The zero-order chi connectivity index (χ0) is 23.9. The summed E-state index contributed by atoms with van der Waals surface area (Å²) in [5.74, 6) is -0.646. The first-order valence-electron chi connectivity index (χ1n) is 10.1. The number of nitrogens with zero attached hydrogens (tertiary/aromatic N) is 4. The van der Waals surface area contributed by atoms with Gasteiger partial charge in [0.15, 0.2) is 9.84 Å². The average Bonchev–Trinajstić information content (AvgIpc) is 3.10. The molecule has 0 aliphatic heterocycles. The first-order valence-corrected chi connectivity index (χ1v) is 12.2. The van der Waals surface area contributed by atoms with Crippen molar-refractivity contribution in [2.24, 2.45) is 7.05 Å². The SMILES string of the molecule is COc1nc2c(CS(C)(=O)=O)nc(-c3cc(C)c(=O)n(C)c3)cc2n1Cc1ccc(F)cc1. The van der Waals surface area contributed by atoms with E-state index in [-0.39, 0.29) is 28.8 Å². The highest BCUT2D eigenvalue weighted by Crippen LogP contribution is 2.30. The molecule has 0 aliphatic rings. The van der Waals surface area contributed by atoms with Gasteiger partial charge in [0, 0.05) is 30.6 Å². The highest BCUT2D eigenvalue weighted by atomic mass is 32.2. The number of rotatable bonds is 6. The molecule has 4 rings (SSSR count). The maximum absolute atomic E-state index is 13.4. The molecule has 8 nitrogen and oxygen atoms in total. The van der Waals surface area contributed by atoms with E-state index in [9.17, 15) is 17.6 Å². The highest BCUT2D eigenvalue weighted by molar-refractivity contribution is 7.89. The van der Waals surface area contributed by atoms with Gasteiger partial charge in [0.25, 0.3) is 11.6 Å². The molecule has 0 fully saturated rings. The maximum atomic E-state index is 13.4. The van der Waals surface area contributed by atoms with E-state index in [1.165, 1.54) is 23.8 Å². The van der Waals surface area contributed by atoms with Gasteiger partial charge in [-0.15, -0.1) is 0 Å². The lowest BCUT2D eigenvalue weighted by Crippen LogP contribution is -2.18. The van der Waals surface area contributed by atoms with Crippen molar-refractivity contribution in [1.82, 2.24) is 19.1 Å². The van der Waals surface area contributed by atoms with Gasteiger partial charge >= 0.3 is 0 Å². The van der Waals surface area contributed by atoms with E-state index >= 15 is 0 Å². The number of methoxy groups -OCH3 is 1. The summed E-state index contributed by atoms with van der Waals surface area (Å²) in [7, 11) is -0.289. The summed E-state index contributed by atoms with van der Waals surface area (Å²) in [4.78, 5) is 21.2. The zero-order valence-electron chi connectivity index (χ0n) is 18.7. The Morgan fingerprint density at radius 1 is 1.12 bits per heavy atom. The lowest BCUT2D eigenvalue weighted by molar-refractivity contribution is 0.364. The molecule has 0 aliphatic carbocycles. The number of fused-ring (bicyclic) bond motifs is 1. The van der Waals surface area contributed by atoms with Gasteiger partial charge in [-0.3, -0.25) is 9.36 Å². The van der Waals surface area contributed by atoms with E-state index in [4.69, 9.17) is 4.74 Å². The van der Waals surface area contributed by atoms with Crippen molar-refractivity contribution in [3.05, 3.63) is 75.6 Å². The van der Waals surface area contributed by atoms with Crippen LogP contribution >= 0.6 is 0 Å². The van der Waals surface area contributed by atoms with Gasteiger partial charge in [0.2, 0.25) is 0 Å². The van der Waals surface area contributed by atoms with Crippen molar-refractivity contribution < 1.29 is 17.5 Å². The summed E-state index contributed by atoms with van der Waals surface area (Å²) >= 11 is 0. The predicted molar refractivity (Wildman–Crippen MR) is 124 cm³/mol. The van der Waals surface area contributed by atoms with Gasteiger partial charge in [0.05, 0.1) is 36.3 Å². The standard InChI is InChI=1S/C23H23FN4O4S/c1-14-9-16(12-27(2)22(14)29)18-10-20-21(19(25-18)13-33(4,30)31)26-23(32-3)28(20)11-15-5-7-17(24)8-6-15/h5-10,12H,11,13H2,1-4H3. The van der Waals surface area contributed by atoms with E-state index in [0.717, 1.165) is 11.8 Å². The van der Waals surface area contributed by atoms with Gasteiger partial charge in [-0.2, -0.15) is 4.98 Å². The van der Waals surface area contributed by atoms with Crippen LogP contribution in [0.4, 0.5) is 4.39 Å². The zero-order valence-corrected chi connectivity index (χ0v) is 19.5. The fraction of sp³-hybridized carbons (Fsp3) is 0.261. The number of imidazole rings is 1. The van der Waals surface area contributed by atoms with E-state index < -0.39 is 9.84 Å². The van der Waals surface area contributed by atoms with Crippen molar-refractivity contribution >= 4 is 20.9 Å². The minimum Gasteiger partial charge on any atom is -0.468 e. The van der Waals surface area contributed by atoms with Gasteiger partial charge in [-0.05, 0) is 36.8 Å². The summed E-state index contributed by atoms with van der Waals surface area (Å²) < 4.78 is 46.4. The van der Waals surface area contributed by atoms with Crippen LogP contribution in [-0.2, 0) is 29.2 Å². The van der Waals surface area contributed by atoms with Crippen LogP contribution in [0, 0.1) is 12.7 Å². The van der Waals surface area contributed by atoms with Crippen LogP contribution in [0.15, 0.2) is 47.4 Å². The van der Waals surface area contributed by atoms with Gasteiger partial charge in [-0.1, -0.05) is 12.1 Å². The molecule has 1 aromatic carbocycles. The first kappa shape index (κ1) is 22.7. The molecule has 3 heterocycles. The molecule has 0 radical (unpaired) electrons. The van der Waals surface area contributed by atoms with Crippen LogP contribution < -0.4 is 10.3 Å². The molecule has 0 saturated carbocycles. The average molecular weight is 471 g/mol. The second-order valence-corrected chi connectivity index (χ2v) is 10.2. The smallest absolute Gasteiger partial charge is 0.297 e. The van der Waals surface area contributed by atoms with Crippen LogP contribution in [0.5, 0.6) is 6.01 Å². The summed E-state index contributed by atoms with van der Waals surface area (Å²) in [6.45, 7) is 2.04. The number of halogens is 1. The molecule has 0 saturated heterocycles. The third-order valence-electron chi connectivity index (χ3n) is 5.27. The summed E-state index contributed by atoms with van der Waals surface area (Å²) in [5.41, 5.74) is 3.71. The fourth-order valence-corrected chi connectivity index (χ4v) is 4.46. The monoisotopic (exact) mass is 470 g/mol. The Kier molecular flexibility index (Phi) is 5.79. The number of pyridine rings is 2. The molecule has 0 bridgehead atoms. The number of ether oxygens (including phenoxy) is 1. The quantitative estimate of drug-likeness (QED) is 0.430. The Hall–Kier alpha value is -3.53. The molecule has 0 spiro atoms. The minimum atomic E-state index is -3.41. The summed E-state index contributed by atoms with van der Waals surface area (Å²) in [5, 5.41) is 0. The van der Waals surface area contributed by atoms with Crippen molar-refractivity contribution in [2.75, 3.05) is 13.4 Å². The Morgan fingerprint density at radius 3 is 2.42 bits per heavy atom. The van der Waals surface area contributed by atoms with Gasteiger partial charge in [-0.25, -0.2) is 17.8 Å². The summed E-state index contributed by atoms with van der Waals surface area (Å²) in [6, 6.07) is 9.86. The maximum Gasteiger partial charge on any atom is 0.297 e. The Morgan fingerprint density at radius 2 is 1.82 bits per heavy atom. The number of sulfone groups is 1. The topological polar surface area (TPSA) is 96.1 Å². The van der Waals surface area contributed by atoms with Crippen LogP contribution in [0.25, 0.3) is 22.3 Å². The molecule has 0 N–H and O–H groups in total. The molecule has 4 aromatic rings. The molecule has 0 amide bonds. The van der Waals surface area contributed by atoms with E-state index in [1.54, 1.807) is 49.0 Å². The normalized spacial score (nSPS) is 11.8. The molecule has 172 valence electrons. The second kappa shape index (κ2) is 8.43. The predicted octanol–water partition coefficient (Wildman–Crippen LogP) is 2.85. The largest absolute Gasteiger partial charge is 0.468 e. The minimum absolute atomic E-state index is 0.126. The summed E-state index contributed by atoms with van der Waals surface area (Å²) in [6.07, 6.45) is 2.79. The Bertz CT molecular complexity index is 1500. The third-order valence-corrected chi connectivity index (χ3v) is 6.07. The van der Waals surface area contributed by atoms with Crippen LogP contribution in [-0.4, -0.2) is 40.9 Å². The highest BCUT2D eigenvalue weighted by Gasteiger charge is 2.21. The van der Waals surface area contributed by atoms with E-state index in [2.05, 4.69) is 9.97 Å². The third kappa shape index (κ3) is 4.65. The first-order chi connectivity index (χ1) is 15.6. The molecular formula is C23H23FN4O4S. The van der Waals surface area contributed by atoms with Crippen molar-refractivity contribution in [2.45, 2.75) is 19.2 Å².